The molecule has 1 aliphatic rings. The molecule has 1 unspecified atom stereocenters. The molecule has 0 amide bonds. The van der Waals surface area contributed by atoms with Gasteiger partial charge < -0.3 is 4.90 Å². The molecule has 3 nitrogen and oxygen atoms in total. The highest BCUT2D eigenvalue weighted by Crippen LogP contribution is 2.34. The Labute approximate surface area is 118 Å². The highest BCUT2D eigenvalue weighted by molar-refractivity contribution is 8.00. The Morgan fingerprint density at radius 1 is 1.39 bits per heavy atom. The fourth-order valence-corrected chi connectivity index (χ4v) is 4.03. The van der Waals surface area contributed by atoms with Crippen LogP contribution in [0.25, 0.3) is 0 Å². The second kappa shape index (κ2) is 7.14. The summed E-state index contributed by atoms with van der Waals surface area (Å²) < 4.78 is 8.98. The smallest absolute Gasteiger partial charge is 0.177 e. The van der Waals surface area contributed by atoms with Gasteiger partial charge in [-0.1, -0.05) is 44.2 Å². The van der Waals surface area contributed by atoms with Crippen LogP contribution in [-0.4, -0.2) is 27.1 Å². The SMILES string of the molecule is CCCC(CC)Sc1nsnc1N1CC=CCC1. The van der Waals surface area contributed by atoms with Gasteiger partial charge in [0, 0.05) is 18.3 Å². The van der Waals surface area contributed by atoms with Gasteiger partial charge in [0.25, 0.3) is 0 Å². The quantitative estimate of drug-likeness (QED) is 0.583. The lowest BCUT2D eigenvalue weighted by molar-refractivity contribution is 0.718. The first kappa shape index (κ1) is 13.9. The summed E-state index contributed by atoms with van der Waals surface area (Å²) >= 11 is 3.26. The van der Waals surface area contributed by atoms with Crippen molar-refractivity contribution in [3.05, 3.63) is 12.2 Å². The zero-order chi connectivity index (χ0) is 12.8. The second-order valence-electron chi connectivity index (χ2n) is 4.54. The molecule has 1 aliphatic heterocycles. The molecular weight excluding hydrogens is 262 g/mol. The summed E-state index contributed by atoms with van der Waals surface area (Å²) in [4.78, 5) is 2.34. The minimum absolute atomic E-state index is 0.679. The van der Waals surface area contributed by atoms with Crippen LogP contribution >= 0.6 is 23.5 Å². The Morgan fingerprint density at radius 3 is 2.94 bits per heavy atom. The van der Waals surface area contributed by atoms with Crippen LogP contribution in [0.4, 0.5) is 5.82 Å². The van der Waals surface area contributed by atoms with Gasteiger partial charge in [-0.3, -0.25) is 0 Å². The molecule has 0 saturated carbocycles. The van der Waals surface area contributed by atoms with Gasteiger partial charge in [0.2, 0.25) is 0 Å². The van der Waals surface area contributed by atoms with Crippen LogP contribution in [-0.2, 0) is 0 Å². The molecule has 1 aromatic heterocycles. The zero-order valence-corrected chi connectivity index (χ0v) is 12.8. The number of aromatic nitrogens is 2. The normalized spacial score (nSPS) is 17.1. The monoisotopic (exact) mass is 283 g/mol. The van der Waals surface area contributed by atoms with Gasteiger partial charge in [-0.15, -0.1) is 0 Å². The number of nitrogens with zero attached hydrogens (tertiary/aromatic N) is 3. The van der Waals surface area contributed by atoms with Crippen molar-refractivity contribution in [3.8, 4) is 0 Å². The molecule has 0 bridgehead atoms. The molecule has 18 heavy (non-hydrogen) atoms. The lowest BCUT2D eigenvalue weighted by atomic mass is 10.2. The maximum Gasteiger partial charge on any atom is 0.177 e. The van der Waals surface area contributed by atoms with Crippen LogP contribution in [0.5, 0.6) is 0 Å². The maximum absolute atomic E-state index is 4.49. The van der Waals surface area contributed by atoms with Crippen molar-refractivity contribution in [1.29, 1.82) is 0 Å². The average molecular weight is 283 g/mol. The molecule has 0 saturated heterocycles. The standard InChI is InChI=1S/C13H21N3S2/c1-3-8-11(4-2)17-13-12(14-18-15-13)16-9-6-5-7-10-16/h5-6,11H,3-4,7-10H2,1-2H3. The summed E-state index contributed by atoms with van der Waals surface area (Å²) in [6, 6.07) is 0. The van der Waals surface area contributed by atoms with Crippen LogP contribution in [0.1, 0.15) is 39.5 Å². The third kappa shape index (κ3) is 3.48. The molecule has 1 atom stereocenters. The minimum atomic E-state index is 0.679. The van der Waals surface area contributed by atoms with Gasteiger partial charge in [0.1, 0.15) is 0 Å². The van der Waals surface area contributed by atoms with Gasteiger partial charge >= 0.3 is 0 Å². The van der Waals surface area contributed by atoms with Crippen molar-refractivity contribution in [3.63, 3.8) is 0 Å². The van der Waals surface area contributed by atoms with Gasteiger partial charge in [-0.2, -0.15) is 8.75 Å². The van der Waals surface area contributed by atoms with Gasteiger partial charge in [0.05, 0.1) is 11.7 Å². The summed E-state index contributed by atoms with van der Waals surface area (Å²) in [5, 5.41) is 1.81. The molecule has 0 spiro atoms. The topological polar surface area (TPSA) is 29.0 Å². The van der Waals surface area contributed by atoms with E-state index in [1.807, 2.05) is 11.8 Å². The van der Waals surface area contributed by atoms with E-state index >= 15 is 0 Å². The van der Waals surface area contributed by atoms with Crippen LogP contribution in [0.3, 0.4) is 0 Å². The Hall–Kier alpha value is -0.550. The van der Waals surface area contributed by atoms with Gasteiger partial charge in [-0.25, -0.2) is 0 Å². The van der Waals surface area contributed by atoms with E-state index in [4.69, 9.17) is 0 Å². The molecule has 0 fully saturated rings. The van der Waals surface area contributed by atoms with Crippen molar-refractivity contribution < 1.29 is 0 Å². The summed E-state index contributed by atoms with van der Waals surface area (Å²) in [5.41, 5.74) is 0. The molecule has 0 aromatic carbocycles. The third-order valence-electron chi connectivity index (χ3n) is 3.14. The summed E-state index contributed by atoms with van der Waals surface area (Å²) in [6.45, 7) is 6.55. The minimum Gasteiger partial charge on any atom is -0.349 e. The first-order valence-electron chi connectivity index (χ1n) is 6.74. The third-order valence-corrected chi connectivity index (χ3v) is 5.18. The predicted octanol–water partition coefficient (Wildman–Crippen LogP) is 3.98. The first-order chi connectivity index (χ1) is 8.85. The molecule has 0 radical (unpaired) electrons. The molecule has 2 rings (SSSR count). The van der Waals surface area contributed by atoms with Crippen molar-refractivity contribution in [2.45, 2.75) is 49.8 Å². The van der Waals surface area contributed by atoms with E-state index in [0.717, 1.165) is 30.4 Å². The molecule has 2 heterocycles. The highest BCUT2D eigenvalue weighted by atomic mass is 32.2. The number of thioether (sulfide) groups is 1. The number of rotatable bonds is 6. The Balaban J connectivity index is 2.04. The molecule has 1 aromatic rings. The van der Waals surface area contributed by atoms with Crippen molar-refractivity contribution in [1.82, 2.24) is 8.75 Å². The molecule has 0 N–H and O–H groups in total. The number of hydrogen-bond donors (Lipinski definition) is 0. The molecule has 5 heteroatoms. The lowest BCUT2D eigenvalue weighted by Crippen LogP contribution is -2.27. The second-order valence-corrected chi connectivity index (χ2v) is 6.35. The van der Waals surface area contributed by atoms with E-state index in [9.17, 15) is 0 Å². The van der Waals surface area contributed by atoms with E-state index in [1.54, 1.807) is 0 Å². The lowest BCUT2D eigenvalue weighted by Gasteiger charge is -2.24. The van der Waals surface area contributed by atoms with Crippen LogP contribution in [0, 0.1) is 0 Å². The van der Waals surface area contributed by atoms with Gasteiger partial charge in [0.15, 0.2) is 10.8 Å². The van der Waals surface area contributed by atoms with Crippen LogP contribution in [0.15, 0.2) is 17.2 Å². The summed E-state index contributed by atoms with van der Waals surface area (Å²) in [6.07, 6.45) is 9.29. The number of anilines is 1. The van der Waals surface area contributed by atoms with Crippen LogP contribution < -0.4 is 4.90 Å². The fourth-order valence-electron chi connectivity index (χ4n) is 2.10. The van der Waals surface area contributed by atoms with Crippen molar-refractivity contribution in [2.24, 2.45) is 0 Å². The first-order valence-corrected chi connectivity index (χ1v) is 8.35. The van der Waals surface area contributed by atoms with E-state index in [0.29, 0.717) is 5.25 Å². The summed E-state index contributed by atoms with van der Waals surface area (Å²) in [5.74, 6) is 1.10. The Kier molecular flexibility index (Phi) is 5.50. The largest absolute Gasteiger partial charge is 0.349 e. The van der Waals surface area contributed by atoms with E-state index < -0.39 is 0 Å². The van der Waals surface area contributed by atoms with E-state index in [1.165, 1.54) is 31.0 Å². The predicted molar refractivity (Wildman–Crippen MR) is 80.7 cm³/mol. The Morgan fingerprint density at radius 2 is 2.28 bits per heavy atom. The van der Waals surface area contributed by atoms with Crippen molar-refractivity contribution in [2.75, 3.05) is 18.0 Å². The maximum atomic E-state index is 4.49. The van der Waals surface area contributed by atoms with E-state index in [2.05, 4.69) is 39.6 Å². The summed E-state index contributed by atoms with van der Waals surface area (Å²) in [7, 11) is 0. The fraction of sp³-hybridized carbons (Fsp3) is 0.692. The highest BCUT2D eigenvalue weighted by Gasteiger charge is 2.19. The average Bonchev–Trinajstić information content (AvgIpc) is 2.87. The Bertz CT molecular complexity index is 389. The molecule has 100 valence electrons. The van der Waals surface area contributed by atoms with Crippen molar-refractivity contribution >= 4 is 29.3 Å². The number of hydrogen-bond acceptors (Lipinski definition) is 5. The zero-order valence-electron chi connectivity index (χ0n) is 11.1. The van der Waals surface area contributed by atoms with Crippen LogP contribution in [0.2, 0.25) is 0 Å². The van der Waals surface area contributed by atoms with E-state index in [-0.39, 0.29) is 0 Å². The molecule has 0 aliphatic carbocycles. The van der Waals surface area contributed by atoms with Gasteiger partial charge in [-0.05, 0) is 19.3 Å². The molecular formula is C13H21N3S2.